The van der Waals surface area contributed by atoms with Gasteiger partial charge in [-0.15, -0.1) is 11.8 Å². The Balaban J connectivity index is 1.91. The molecule has 3 rings (SSSR count). The molecule has 0 aliphatic heterocycles. The Hall–Kier alpha value is -1.83. The summed E-state index contributed by atoms with van der Waals surface area (Å²) in [5, 5.41) is 2.70. The number of amides is 1. The lowest BCUT2D eigenvalue weighted by Gasteiger charge is -2.26. The van der Waals surface area contributed by atoms with E-state index in [2.05, 4.69) is 16.1 Å². The van der Waals surface area contributed by atoms with Gasteiger partial charge >= 0.3 is 0 Å². The molecule has 0 aromatic heterocycles. The largest absolute Gasteiger partial charge is 0.325 e. The second-order valence-corrected chi connectivity index (χ2v) is 8.87. The van der Waals surface area contributed by atoms with E-state index >= 15 is 0 Å². The number of thioether (sulfide) groups is 1. The third-order valence-corrected chi connectivity index (χ3v) is 6.72. The SMILES string of the molecule is CSc1ccc(S(=O)(=O)NC2CCCc3ccccc32)cc1NC(C)=O. The zero-order valence-electron chi connectivity index (χ0n) is 14.8. The number of hydrogen-bond donors (Lipinski definition) is 2. The molecule has 1 aliphatic carbocycles. The fraction of sp³-hybridized carbons (Fsp3) is 0.316. The second kappa shape index (κ2) is 7.82. The van der Waals surface area contributed by atoms with Crippen LogP contribution in [0.15, 0.2) is 52.3 Å². The van der Waals surface area contributed by atoms with Crippen LogP contribution in [-0.4, -0.2) is 20.6 Å². The van der Waals surface area contributed by atoms with Gasteiger partial charge in [-0.3, -0.25) is 4.79 Å². The van der Waals surface area contributed by atoms with Crippen molar-refractivity contribution in [3.8, 4) is 0 Å². The number of fused-ring (bicyclic) bond motifs is 1. The summed E-state index contributed by atoms with van der Waals surface area (Å²) in [4.78, 5) is 12.4. The molecule has 1 atom stereocenters. The zero-order chi connectivity index (χ0) is 18.7. The van der Waals surface area contributed by atoms with Gasteiger partial charge in [0.1, 0.15) is 0 Å². The summed E-state index contributed by atoms with van der Waals surface area (Å²) in [7, 11) is -3.70. The molecule has 2 aromatic carbocycles. The Morgan fingerprint density at radius 3 is 2.69 bits per heavy atom. The first-order chi connectivity index (χ1) is 12.4. The van der Waals surface area contributed by atoms with Gasteiger partial charge in [-0.05, 0) is 54.8 Å². The molecule has 2 aromatic rings. The van der Waals surface area contributed by atoms with Gasteiger partial charge in [0, 0.05) is 17.9 Å². The van der Waals surface area contributed by atoms with Gasteiger partial charge in [0.15, 0.2) is 0 Å². The van der Waals surface area contributed by atoms with Crippen LogP contribution in [0.1, 0.15) is 36.9 Å². The molecule has 5 nitrogen and oxygen atoms in total. The second-order valence-electron chi connectivity index (χ2n) is 6.31. The van der Waals surface area contributed by atoms with Crippen LogP contribution in [0.25, 0.3) is 0 Å². The van der Waals surface area contributed by atoms with E-state index in [1.807, 2.05) is 24.5 Å². The number of carbonyl (C=O) groups is 1. The number of nitrogens with one attached hydrogen (secondary N) is 2. The topological polar surface area (TPSA) is 75.3 Å². The van der Waals surface area contributed by atoms with Crippen molar-refractivity contribution in [3.05, 3.63) is 53.6 Å². The highest BCUT2D eigenvalue weighted by molar-refractivity contribution is 7.98. The highest BCUT2D eigenvalue weighted by atomic mass is 32.2. The summed E-state index contributed by atoms with van der Waals surface area (Å²) in [6.07, 6.45) is 4.58. The minimum atomic E-state index is -3.70. The van der Waals surface area contributed by atoms with Gasteiger partial charge in [0.25, 0.3) is 0 Å². The number of benzene rings is 2. The van der Waals surface area contributed by atoms with E-state index in [0.717, 1.165) is 29.7 Å². The molecule has 2 N–H and O–H groups in total. The Kier molecular flexibility index (Phi) is 5.70. The number of carbonyl (C=O) groups excluding carboxylic acids is 1. The molecule has 1 amide bonds. The van der Waals surface area contributed by atoms with Crippen LogP contribution < -0.4 is 10.0 Å². The van der Waals surface area contributed by atoms with Crippen molar-refractivity contribution < 1.29 is 13.2 Å². The normalized spacial score (nSPS) is 16.8. The molecule has 138 valence electrons. The van der Waals surface area contributed by atoms with Crippen molar-refractivity contribution >= 4 is 33.4 Å². The fourth-order valence-electron chi connectivity index (χ4n) is 3.27. The minimum absolute atomic E-state index is 0.155. The Bertz CT molecular complexity index is 926. The first kappa shape index (κ1) is 18.9. The molecule has 0 bridgehead atoms. The van der Waals surface area contributed by atoms with Crippen LogP contribution in [0, 0.1) is 0 Å². The third-order valence-electron chi connectivity index (χ3n) is 4.46. The molecular formula is C19H22N2O3S2. The molecule has 0 spiro atoms. The molecular weight excluding hydrogens is 368 g/mol. The summed E-state index contributed by atoms with van der Waals surface area (Å²) in [5.74, 6) is -0.232. The molecule has 0 saturated heterocycles. The van der Waals surface area contributed by atoms with E-state index in [1.54, 1.807) is 12.1 Å². The number of aryl methyl sites for hydroxylation is 1. The summed E-state index contributed by atoms with van der Waals surface area (Å²) < 4.78 is 28.7. The highest BCUT2D eigenvalue weighted by Crippen LogP contribution is 2.32. The first-order valence-corrected chi connectivity index (χ1v) is 11.2. The van der Waals surface area contributed by atoms with E-state index in [-0.39, 0.29) is 16.8 Å². The maximum atomic E-state index is 12.9. The molecule has 0 fully saturated rings. The molecule has 1 aliphatic rings. The Labute approximate surface area is 158 Å². The van der Waals surface area contributed by atoms with Crippen LogP contribution in [0.5, 0.6) is 0 Å². The predicted octanol–water partition coefficient (Wildman–Crippen LogP) is 3.72. The standard InChI is InChI=1S/C19H22N2O3S2/c1-13(22)20-18-12-15(10-11-19(18)25-2)26(23,24)21-17-9-5-7-14-6-3-4-8-16(14)17/h3-4,6,8,10-12,17,21H,5,7,9H2,1-2H3,(H,20,22). The highest BCUT2D eigenvalue weighted by Gasteiger charge is 2.26. The molecule has 0 heterocycles. The first-order valence-electron chi connectivity index (χ1n) is 8.46. The smallest absolute Gasteiger partial charge is 0.241 e. The van der Waals surface area contributed by atoms with Crippen molar-refractivity contribution in [1.82, 2.24) is 4.72 Å². The Morgan fingerprint density at radius 2 is 1.96 bits per heavy atom. The van der Waals surface area contributed by atoms with Crippen molar-refractivity contribution in [2.24, 2.45) is 0 Å². The van der Waals surface area contributed by atoms with Gasteiger partial charge < -0.3 is 5.32 Å². The van der Waals surface area contributed by atoms with E-state index in [0.29, 0.717) is 5.69 Å². The van der Waals surface area contributed by atoms with Gasteiger partial charge in [-0.1, -0.05) is 24.3 Å². The van der Waals surface area contributed by atoms with Gasteiger partial charge in [-0.25, -0.2) is 13.1 Å². The lowest BCUT2D eigenvalue weighted by atomic mass is 9.88. The summed E-state index contributed by atoms with van der Waals surface area (Å²) in [5.41, 5.74) is 2.75. The van der Waals surface area contributed by atoms with Crippen molar-refractivity contribution in [2.45, 2.75) is 42.0 Å². The van der Waals surface area contributed by atoms with Gasteiger partial charge in [0.05, 0.1) is 10.6 Å². The van der Waals surface area contributed by atoms with Crippen LogP contribution in [0.4, 0.5) is 5.69 Å². The molecule has 0 saturated carbocycles. The maximum absolute atomic E-state index is 12.9. The monoisotopic (exact) mass is 390 g/mol. The molecule has 7 heteroatoms. The van der Waals surface area contributed by atoms with Crippen LogP contribution in [0.3, 0.4) is 0 Å². The van der Waals surface area contributed by atoms with Crippen LogP contribution in [-0.2, 0) is 21.2 Å². The van der Waals surface area contributed by atoms with Gasteiger partial charge in [0.2, 0.25) is 15.9 Å². The van der Waals surface area contributed by atoms with Crippen LogP contribution in [0.2, 0.25) is 0 Å². The average molecular weight is 391 g/mol. The molecule has 1 unspecified atom stereocenters. The summed E-state index contributed by atoms with van der Waals surface area (Å²) >= 11 is 1.45. The molecule has 0 radical (unpaired) electrons. The maximum Gasteiger partial charge on any atom is 0.241 e. The quantitative estimate of drug-likeness (QED) is 0.763. The van der Waals surface area contributed by atoms with Crippen molar-refractivity contribution in [1.29, 1.82) is 0 Å². The number of hydrogen-bond acceptors (Lipinski definition) is 4. The van der Waals surface area contributed by atoms with E-state index in [1.165, 1.54) is 30.3 Å². The molecule has 26 heavy (non-hydrogen) atoms. The number of anilines is 1. The fourth-order valence-corrected chi connectivity index (χ4v) is 5.08. The van der Waals surface area contributed by atoms with Crippen molar-refractivity contribution in [3.63, 3.8) is 0 Å². The Morgan fingerprint density at radius 1 is 1.19 bits per heavy atom. The van der Waals surface area contributed by atoms with E-state index in [9.17, 15) is 13.2 Å². The zero-order valence-corrected chi connectivity index (χ0v) is 16.4. The van der Waals surface area contributed by atoms with Crippen LogP contribution >= 0.6 is 11.8 Å². The number of sulfonamides is 1. The lowest BCUT2D eigenvalue weighted by Crippen LogP contribution is -2.31. The van der Waals surface area contributed by atoms with E-state index in [4.69, 9.17) is 0 Å². The predicted molar refractivity (Wildman–Crippen MR) is 105 cm³/mol. The van der Waals surface area contributed by atoms with E-state index < -0.39 is 10.0 Å². The lowest BCUT2D eigenvalue weighted by molar-refractivity contribution is -0.114. The summed E-state index contributed by atoms with van der Waals surface area (Å²) in [6.45, 7) is 1.41. The average Bonchev–Trinajstić information content (AvgIpc) is 2.61. The summed E-state index contributed by atoms with van der Waals surface area (Å²) in [6, 6.07) is 12.6. The van der Waals surface area contributed by atoms with Crippen molar-refractivity contribution in [2.75, 3.05) is 11.6 Å². The van der Waals surface area contributed by atoms with Gasteiger partial charge in [-0.2, -0.15) is 0 Å². The third kappa shape index (κ3) is 4.11. The number of rotatable bonds is 5. The minimum Gasteiger partial charge on any atom is -0.325 e.